The van der Waals surface area contributed by atoms with Crippen LogP contribution in [0, 0.1) is 0 Å². The smallest absolute Gasteiger partial charge is 0.105 e. The molecule has 0 saturated heterocycles. The average molecular weight is 192 g/mol. The van der Waals surface area contributed by atoms with Crippen LogP contribution in [-0.4, -0.2) is 17.8 Å². The number of aliphatic hydroxyl groups is 1. The first-order chi connectivity index (χ1) is 6.83. The third-order valence-electron chi connectivity index (χ3n) is 2.80. The molecule has 2 nitrogen and oxygen atoms in total. The fourth-order valence-electron chi connectivity index (χ4n) is 2.09. The number of benzene rings is 1. The second-order valence-electron chi connectivity index (χ2n) is 3.68. The van der Waals surface area contributed by atoms with Crippen molar-refractivity contribution < 1.29 is 9.84 Å². The van der Waals surface area contributed by atoms with E-state index in [4.69, 9.17) is 4.74 Å². The second kappa shape index (κ2) is 4.11. The Kier molecular flexibility index (Phi) is 2.85. The van der Waals surface area contributed by atoms with E-state index in [0.717, 1.165) is 18.4 Å². The van der Waals surface area contributed by atoms with Gasteiger partial charge in [-0.1, -0.05) is 24.3 Å². The van der Waals surface area contributed by atoms with E-state index in [1.165, 1.54) is 5.56 Å². The first-order valence-electron chi connectivity index (χ1n) is 5.20. The Bertz CT molecular complexity index is 309. The van der Waals surface area contributed by atoms with Gasteiger partial charge in [-0.25, -0.2) is 0 Å². The topological polar surface area (TPSA) is 29.5 Å². The van der Waals surface area contributed by atoms with Crippen LogP contribution >= 0.6 is 0 Å². The van der Waals surface area contributed by atoms with Gasteiger partial charge in [0, 0.05) is 6.61 Å². The molecule has 1 aromatic carbocycles. The third kappa shape index (κ3) is 1.68. The van der Waals surface area contributed by atoms with Crippen molar-refractivity contribution in [2.24, 2.45) is 0 Å². The van der Waals surface area contributed by atoms with Gasteiger partial charge in [-0.3, -0.25) is 0 Å². The van der Waals surface area contributed by atoms with Crippen LogP contribution < -0.4 is 0 Å². The molecule has 14 heavy (non-hydrogen) atoms. The van der Waals surface area contributed by atoms with E-state index in [0.29, 0.717) is 6.61 Å². The van der Waals surface area contributed by atoms with Gasteiger partial charge in [0.15, 0.2) is 0 Å². The average Bonchev–Trinajstić information content (AvgIpc) is 2.23. The molecule has 2 atom stereocenters. The molecule has 1 aromatic rings. The summed E-state index contributed by atoms with van der Waals surface area (Å²) in [6.45, 7) is 2.64. The third-order valence-corrected chi connectivity index (χ3v) is 2.80. The number of ether oxygens (including phenoxy) is 1. The van der Waals surface area contributed by atoms with Gasteiger partial charge in [-0.05, 0) is 30.9 Å². The molecule has 0 aliphatic heterocycles. The Hall–Kier alpha value is -0.860. The van der Waals surface area contributed by atoms with Crippen LogP contribution in [0.4, 0.5) is 0 Å². The first-order valence-corrected chi connectivity index (χ1v) is 5.20. The maximum absolute atomic E-state index is 10.0. The number of hydrogen-bond donors (Lipinski definition) is 1. The SMILES string of the molecule is CCO[C@@H]1CCc2ccccc2C1O. The molecular weight excluding hydrogens is 176 g/mol. The van der Waals surface area contributed by atoms with Gasteiger partial charge >= 0.3 is 0 Å². The van der Waals surface area contributed by atoms with Crippen LogP contribution in [-0.2, 0) is 11.2 Å². The van der Waals surface area contributed by atoms with Crippen molar-refractivity contribution in [1.29, 1.82) is 0 Å². The number of hydrogen-bond acceptors (Lipinski definition) is 2. The normalized spacial score (nSPS) is 25.9. The van der Waals surface area contributed by atoms with Crippen LogP contribution in [0.25, 0.3) is 0 Å². The molecule has 0 amide bonds. The van der Waals surface area contributed by atoms with Gasteiger partial charge < -0.3 is 9.84 Å². The van der Waals surface area contributed by atoms with Crippen LogP contribution in [0.1, 0.15) is 30.6 Å². The van der Waals surface area contributed by atoms with Crippen LogP contribution in [0.5, 0.6) is 0 Å². The predicted molar refractivity (Wildman–Crippen MR) is 55.1 cm³/mol. The van der Waals surface area contributed by atoms with E-state index in [9.17, 15) is 5.11 Å². The largest absolute Gasteiger partial charge is 0.386 e. The van der Waals surface area contributed by atoms with Crippen molar-refractivity contribution in [2.45, 2.75) is 32.0 Å². The summed E-state index contributed by atoms with van der Waals surface area (Å²) in [4.78, 5) is 0. The lowest BCUT2D eigenvalue weighted by molar-refractivity contribution is -0.0435. The fourth-order valence-corrected chi connectivity index (χ4v) is 2.09. The lowest BCUT2D eigenvalue weighted by Gasteiger charge is -2.29. The van der Waals surface area contributed by atoms with Gasteiger partial charge in [0.25, 0.3) is 0 Å². The lowest BCUT2D eigenvalue weighted by atomic mass is 9.87. The van der Waals surface area contributed by atoms with Crippen molar-refractivity contribution in [2.75, 3.05) is 6.61 Å². The second-order valence-corrected chi connectivity index (χ2v) is 3.68. The standard InChI is InChI=1S/C12H16O2/c1-2-14-11-8-7-9-5-3-4-6-10(9)12(11)13/h3-6,11-13H,2,7-8H2,1H3/t11-,12?/m1/s1. The number of rotatable bonds is 2. The van der Waals surface area contributed by atoms with Crippen molar-refractivity contribution in [3.05, 3.63) is 35.4 Å². The maximum atomic E-state index is 10.0. The van der Waals surface area contributed by atoms with Gasteiger partial charge in [0.05, 0.1) is 6.10 Å². The molecule has 1 N–H and O–H groups in total. The molecule has 1 aliphatic rings. The zero-order valence-electron chi connectivity index (χ0n) is 8.44. The molecular formula is C12H16O2. The van der Waals surface area contributed by atoms with Gasteiger partial charge in [-0.2, -0.15) is 0 Å². The van der Waals surface area contributed by atoms with E-state index in [-0.39, 0.29) is 6.10 Å². The zero-order chi connectivity index (χ0) is 9.97. The Morgan fingerprint density at radius 1 is 1.43 bits per heavy atom. The minimum absolute atomic E-state index is 0.0186. The summed E-state index contributed by atoms with van der Waals surface area (Å²) in [5.74, 6) is 0. The summed E-state index contributed by atoms with van der Waals surface area (Å²) in [6.07, 6.45) is 1.47. The highest BCUT2D eigenvalue weighted by molar-refractivity contribution is 5.32. The minimum Gasteiger partial charge on any atom is -0.386 e. The van der Waals surface area contributed by atoms with E-state index in [1.807, 2.05) is 25.1 Å². The number of aryl methyl sites for hydroxylation is 1. The van der Waals surface area contributed by atoms with Gasteiger partial charge in [0.1, 0.15) is 6.10 Å². The maximum Gasteiger partial charge on any atom is 0.105 e. The van der Waals surface area contributed by atoms with Crippen molar-refractivity contribution in [3.63, 3.8) is 0 Å². The molecule has 0 radical (unpaired) electrons. The quantitative estimate of drug-likeness (QED) is 0.777. The molecule has 0 spiro atoms. The van der Waals surface area contributed by atoms with E-state index >= 15 is 0 Å². The molecule has 0 saturated carbocycles. The molecule has 0 fully saturated rings. The highest BCUT2D eigenvalue weighted by Gasteiger charge is 2.27. The zero-order valence-corrected chi connectivity index (χ0v) is 8.44. The Balaban J connectivity index is 2.22. The van der Waals surface area contributed by atoms with E-state index in [2.05, 4.69) is 6.07 Å². The number of fused-ring (bicyclic) bond motifs is 1. The van der Waals surface area contributed by atoms with Crippen molar-refractivity contribution in [3.8, 4) is 0 Å². The molecule has 76 valence electrons. The highest BCUT2D eigenvalue weighted by atomic mass is 16.5. The molecule has 0 aromatic heterocycles. The fraction of sp³-hybridized carbons (Fsp3) is 0.500. The summed E-state index contributed by atoms with van der Waals surface area (Å²) in [6, 6.07) is 8.06. The van der Waals surface area contributed by atoms with E-state index < -0.39 is 6.10 Å². The predicted octanol–water partition coefficient (Wildman–Crippen LogP) is 2.07. The molecule has 1 unspecified atom stereocenters. The van der Waals surface area contributed by atoms with Crippen LogP contribution in [0.2, 0.25) is 0 Å². The lowest BCUT2D eigenvalue weighted by Crippen LogP contribution is -2.27. The van der Waals surface area contributed by atoms with Crippen molar-refractivity contribution in [1.82, 2.24) is 0 Å². The summed E-state index contributed by atoms with van der Waals surface area (Å²) in [5.41, 5.74) is 2.30. The highest BCUT2D eigenvalue weighted by Crippen LogP contribution is 2.31. The summed E-state index contributed by atoms with van der Waals surface area (Å²) >= 11 is 0. The van der Waals surface area contributed by atoms with Crippen LogP contribution in [0.3, 0.4) is 0 Å². The first kappa shape index (κ1) is 9.69. The number of aliphatic hydroxyl groups excluding tert-OH is 1. The Morgan fingerprint density at radius 2 is 2.21 bits per heavy atom. The Morgan fingerprint density at radius 3 is 3.00 bits per heavy atom. The van der Waals surface area contributed by atoms with Crippen LogP contribution in [0.15, 0.2) is 24.3 Å². The summed E-state index contributed by atoms with van der Waals surface area (Å²) in [7, 11) is 0. The monoisotopic (exact) mass is 192 g/mol. The summed E-state index contributed by atoms with van der Waals surface area (Å²) in [5, 5.41) is 10.0. The van der Waals surface area contributed by atoms with Gasteiger partial charge in [0.2, 0.25) is 0 Å². The molecule has 2 rings (SSSR count). The molecule has 0 bridgehead atoms. The minimum atomic E-state index is -0.445. The Labute approximate surface area is 84.5 Å². The molecule has 0 heterocycles. The summed E-state index contributed by atoms with van der Waals surface area (Å²) < 4.78 is 5.50. The van der Waals surface area contributed by atoms with E-state index in [1.54, 1.807) is 0 Å². The van der Waals surface area contributed by atoms with Crippen molar-refractivity contribution >= 4 is 0 Å². The molecule has 1 aliphatic carbocycles. The molecule has 2 heteroatoms. The van der Waals surface area contributed by atoms with Gasteiger partial charge in [-0.15, -0.1) is 0 Å².